The average molecular weight is 183 g/mol. The van der Waals surface area contributed by atoms with Crippen LogP contribution in [0, 0.1) is 5.92 Å². The van der Waals surface area contributed by atoms with Crippen LogP contribution in [0.15, 0.2) is 0 Å². The van der Waals surface area contributed by atoms with Gasteiger partial charge in [-0.2, -0.15) is 0 Å². The molecule has 1 saturated carbocycles. The Morgan fingerprint density at radius 2 is 2.15 bits per heavy atom. The lowest BCUT2D eigenvalue weighted by atomic mass is 9.89. The van der Waals surface area contributed by atoms with Gasteiger partial charge in [0.15, 0.2) is 0 Å². The van der Waals surface area contributed by atoms with Gasteiger partial charge in [-0.3, -0.25) is 0 Å². The second-order valence-electron chi connectivity index (χ2n) is 5.11. The van der Waals surface area contributed by atoms with Gasteiger partial charge >= 0.3 is 0 Å². The van der Waals surface area contributed by atoms with Crippen molar-refractivity contribution in [1.82, 2.24) is 0 Å². The van der Waals surface area contributed by atoms with Gasteiger partial charge in [-0.25, -0.2) is 0 Å². The van der Waals surface area contributed by atoms with Crippen LogP contribution in [0.2, 0.25) is 0 Å². The van der Waals surface area contributed by atoms with E-state index in [0.717, 1.165) is 12.3 Å². The Hall–Kier alpha value is -0.0800. The molecular weight excluding hydrogens is 162 g/mol. The zero-order chi connectivity index (χ0) is 9.53. The molecule has 0 bridgehead atoms. The zero-order valence-corrected chi connectivity index (χ0v) is 8.81. The number of rotatable bonds is 1. The fourth-order valence-corrected chi connectivity index (χ4v) is 2.95. The van der Waals surface area contributed by atoms with Gasteiger partial charge in [-0.15, -0.1) is 0 Å². The van der Waals surface area contributed by atoms with E-state index < -0.39 is 0 Å². The van der Waals surface area contributed by atoms with Gasteiger partial charge in [0, 0.05) is 6.54 Å². The summed E-state index contributed by atoms with van der Waals surface area (Å²) in [7, 11) is 0. The van der Waals surface area contributed by atoms with Gasteiger partial charge in [0.1, 0.15) is 0 Å². The van der Waals surface area contributed by atoms with Crippen molar-refractivity contribution in [1.29, 1.82) is 0 Å². The lowest BCUT2D eigenvalue weighted by Gasteiger charge is -2.32. The first-order chi connectivity index (χ1) is 6.10. The van der Waals surface area contributed by atoms with E-state index in [-0.39, 0.29) is 11.2 Å². The Balaban J connectivity index is 2.11. The standard InChI is InChI=1S/C11H21NO/c1-9-4-3-5-11(9)7-6-10(2,8-12)13-11/h9H,3-8,12H2,1-2H3. The summed E-state index contributed by atoms with van der Waals surface area (Å²) in [6.45, 7) is 5.16. The highest BCUT2D eigenvalue weighted by Crippen LogP contribution is 2.50. The van der Waals surface area contributed by atoms with E-state index >= 15 is 0 Å². The Morgan fingerprint density at radius 3 is 2.62 bits per heavy atom. The van der Waals surface area contributed by atoms with E-state index in [4.69, 9.17) is 10.5 Å². The summed E-state index contributed by atoms with van der Waals surface area (Å²) in [6.07, 6.45) is 6.29. The highest BCUT2D eigenvalue weighted by Gasteiger charge is 2.50. The molecule has 3 unspecified atom stereocenters. The highest BCUT2D eigenvalue weighted by molar-refractivity contribution is 5.01. The molecule has 0 aromatic rings. The lowest BCUT2D eigenvalue weighted by molar-refractivity contribution is -0.106. The van der Waals surface area contributed by atoms with Crippen LogP contribution in [-0.4, -0.2) is 17.7 Å². The average Bonchev–Trinajstić information content (AvgIpc) is 2.62. The van der Waals surface area contributed by atoms with Crippen LogP contribution in [0.3, 0.4) is 0 Å². The van der Waals surface area contributed by atoms with Crippen molar-refractivity contribution in [2.45, 2.75) is 57.2 Å². The number of hydrogen-bond acceptors (Lipinski definition) is 2. The van der Waals surface area contributed by atoms with Crippen molar-refractivity contribution in [3.05, 3.63) is 0 Å². The predicted octanol–water partition coefficient (Wildman–Crippen LogP) is 2.07. The first kappa shape index (κ1) is 9.47. The second-order valence-corrected chi connectivity index (χ2v) is 5.11. The topological polar surface area (TPSA) is 35.2 Å². The highest BCUT2D eigenvalue weighted by atomic mass is 16.5. The quantitative estimate of drug-likeness (QED) is 0.675. The Bertz CT molecular complexity index is 206. The molecule has 0 aromatic carbocycles. The van der Waals surface area contributed by atoms with Gasteiger partial charge in [-0.05, 0) is 38.5 Å². The summed E-state index contributed by atoms with van der Waals surface area (Å²) in [5.41, 5.74) is 5.91. The van der Waals surface area contributed by atoms with Crippen LogP contribution in [0.25, 0.3) is 0 Å². The molecule has 0 amide bonds. The van der Waals surface area contributed by atoms with Crippen LogP contribution < -0.4 is 5.73 Å². The molecule has 2 fully saturated rings. The summed E-state index contributed by atoms with van der Waals surface area (Å²) in [4.78, 5) is 0. The zero-order valence-electron chi connectivity index (χ0n) is 8.81. The predicted molar refractivity (Wildman–Crippen MR) is 53.5 cm³/mol. The van der Waals surface area contributed by atoms with Crippen molar-refractivity contribution < 1.29 is 4.74 Å². The summed E-state index contributed by atoms with van der Waals surface area (Å²) < 4.78 is 6.23. The van der Waals surface area contributed by atoms with Gasteiger partial charge in [0.2, 0.25) is 0 Å². The summed E-state index contributed by atoms with van der Waals surface area (Å²) in [5, 5.41) is 0. The molecular formula is C11H21NO. The molecule has 1 spiro atoms. The largest absolute Gasteiger partial charge is 0.367 e. The van der Waals surface area contributed by atoms with Crippen molar-refractivity contribution >= 4 is 0 Å². The minimum Gasteiger partial charge on any atom is -0.367 e. The van der Waals surface area contributed by atoms with E-state index in [1.165, 1.54) is 25.7 Å². The second kappa shape index (κ2) is 2.96. The van der Waals surface area contributed by atoms with Gasteiger partial charge in [0.05, 0.1) is 11.2 Å². The maximum Gasteiger partial charge on any atom is 0.0784 e. The Kier molecular flexibility index (Phi) is 2.16. The molecule has 0 aromatic heterocycles. The van der Waals surface area contributed by atoms with Crippen LogP contribution >= 0.6 is 0 Å². The normalized spacial score (nSPS) is 50.5. The van der Waals surface area contributed by atoms with E-state index in [0.29, 0.717) is 6.54 Å². The van der Waals surface area contributed by atoms with Crippen LogP contribution in [0.4, 0.5) is 0 Å². The minimum atomic E-state index is -0.0292. The third-order valence-corrected chi connectivity index (χ3v) is 4.09. The molecule has 2 heteroatoms. The molecule has 3 atom stereocenters. The van der Waals surface area contributed by atoms with E-state index in [1.807, 2.05) is 0 Å². The smallest absolute Gasteiger partial charge is 0.0784 e. The number of nitrogens with two attached hydrogens (primary N) is 1. The van der Waals surface area contributed by atoms with Crippen LogP contribution in [0.1, 0.15) is 46.0 Å². The van der Waals surface area contributed by atoms with Gasteiger partial charge < -0.3 is 10.5 Å². The molecule has 1 aliphatic heterocycles. The molecule has 2 nitrogen and oxygen atoms in total. The molecule has 0 radical (unpaired) electrons. The Labute approximate surface area is 80.8 Å². The number of ether oxygens (including phenoxy) is 1. The monoisotopic (exact) mass is 183 g/mol. The van der Waals surface area contributed by atoms with Crippen molar-refractivity contribution in [2.24, 2.45) is 11.7 Å². The van der Waals surface area contributed by atoms with Crippen LogP contribution in [0.5, 0.6) is 0 Å². The first-order valence-electron chi connectivity index (χ1n) is 5.50. The summed E-state index contributed by atoms with van der Waals surface area (Å²) in [6, 6.07) is 0. The SMILES string of the molecule is CC1CCCC12CCC(C)(CN)O2. The molecule has 76 valence electrons. The molecule has 1 saturated heterocycles. The third-order valence-electron chi connectivity index (χ3n) is 4.09. The van der Waals surface area contributed by atoms with Crippen molar-refractivity contribution in [3.63, 3.8) is 0 Å². The van der Waals surface area contributed by atoms with Gasteiger partial charge in [0.25, 0.3) is 0 Å². The molecule has 2 aliphatic rings. The molecule has 2 rings (SSSR count). The number of hydrogen-bond donors (Lipinski definition) is 1. The third kappa shape index (κ3) is 1.40. The van der Waals surface area contributed by atoms with E-state index in [9.17, 15) is 0 Å². The van der Waals surface area contributed by atoms with Crippen molar-refractivity contribution in [3.8, 4) is 0 Å². The first-order valence-corrected chi connectivity index (χ1v) is 5.50. The van der Waals surface area contributed by atoms with Gasteiger partial charge in [-0.1, -0.05) is 13.3 Å². The molecule has 13 heavy (non-hydrogen) atoms. The molecule has 1 heterocycles. The maximum atomic E-state index is 6.23. The minimum absolute atomic E-state index is 0.0292. The Morgan fingerprint density at radius 1 is 1.38 bits per heavy atom. The van der Waals surface area contributed by atoms with E-state index in [1.54, 1.807) is 0 Å². The summed E-state index contributed by atoms with van der Waals surface area (Å²) in [5.74, 6) is 0.737. The fourth-order valence-electron chi connectivity index (χ4n) is 2.95. The van der Waals surface area contributed by atoms with E-state index in [2.05, 4.69) is 13.8 Å². The van der Waals surface area contributed by atoms with Crippen molar-refractivity contribution in [2.75, 3.05) is 6.54 Å². The lowest BCUT2D eigenvalue weighted by Crippen LogP contribution is -2.40. The molecule has 1 aliphatic carbocycles. The fraction of sp³-hybridized carbons (Fsp3) is 1.00. The van der Waals surface area contributed by atoms with Crippen LogP contribution in [-0.2, 0) is 4.74 Å². The molecule has 2 N–H and O–H groups in total. The maximum absolute atomic E-state index is 6.23. The summed E-state index contributed by atoms with van der Waals surface area (Å²) >= 11 is 0.